The van der Waals surface area contributed by atoms with Crippen molar-refractivity contribution in [2.24, 2.45) is 0 Å². The summed E-state index contributed by atoms with van der Waals surface area (Å²) in [6, 6.07) is 15.8. The van der Waals surface area contributed by atoms with E-state index in [0.717, 1.165) is 0 Å². The molecule has 0 aromatic heterocycles. The maximum absolute atomic E-state index is 12.5. The van der Waals surface area contributed by atoms with Crippen molar-refractivity contribution in [1.82, 2.24) is 5.32 Å². The first kappa shape index (κ1) is 21.2. The smallest absolute Gasteiger partial charge is 0.251 e. The molecule has 0 saturated carbocycles. The standard InChI is InChI=1S/C22H29NO3S/c1-5-19(15-16-27(25,26)20-9-7-6-8-10-20)23-21(24)17-11-13-18(14-12-17)22(2,3)4/h6-14,19H,5,15-16H2,1-4H3,(H,23,24)/t19-/m1/s1. The fourth-order valence-corrected chi connectivity index (χ4v) is 4.21. The summed E-state index contributed by atoms with van der Waals surface area (Å²) in [7, 11) is -3.34. The molecule has 1 atom stereocenters. The van der Waals surface area contributed by atoms with Gasteiger partial charge >= 0.3 is 0 Å². The molecule has 0 aliphatic rings. The van der Waals surface area contributed by atoms with E-state index < -0.39 is 9.84 Å². The van der Waals surface area contributed by atoms with Gasteiger partial charge in [-0.1, -0.05) is 58.0 Å². The summed E-state index contributed by atoms with van der Waals surface area (Å²) in [6.07, 6.45) is 1.07. The third-order valence-corrected chi connectivity index (χ3v) is 6.44. The summed E-state index contributed by atoms with van der Waals surface area (Å²) in [5.74, 6) is -0.155. The number of rotatable bonds is 7. The first-order valence-corrected chi connectivity index (χ1v) is 11.0. The lowest BCUT2D eigenvalue weighted by atomic mass is 9.86. The third kappa shape index (κ3) is 5.93. The number of sulfone groups is 1. The van der Waals surface area contributed by atoms with E-state index in [1.54, 1.807) is 30.3 Å². The molecule has 0 radical (unpaired) electrons. The summed E-state index contributed by atoms with van der Waals surface area (Å²) >= 11 is 0. The average Bonchev–Trinajstić information content (AvgIpc) is 2.65. The molecule has 2 rings (SSSR count). The van der Waals surface area contributed by atoms with Crippen LogP contribution in [-0.2, 0) is 15.3 Å². The number of benzene rings is 2. The molecule has 1 amide bonds. The van der Waals surface area contributed by atoms with Crippen molar-refractivity contribution < 1.29 is 13.2 Å². The molecule has 27 heavy (non-hydrogen) atoms. The first-order valence-electron chi connectivity index (χ1n) is 9.32. The minimum atomic E-state index is -3.34. The van der Waals surface area contributed by atoms with E-state index in [-0.39, 0.29) is 23.1 Å². The van der Waals surface area contributed by atoms with Crippen LogP contribution in [0.15, 0.2) is 59.5 Å². The topological polar surface area (TPSA) is 63.2 Å². The van der Waals surface area contributed by atoms with Crippen LogP contribution in [0.5, 0.6) is 0 Å². The van der Waals surface area contributed by atoms with Crippen molar-refractivity contribution in [1.29, 1.82) is 0 Å². The maximum atomic E-state index is 12.5. The lowest BCUT2D eigenvalue weighted by molar-refractivity contribution is 0.0935. The number of nitrogens with one attached hydrogen (secondary N) is 1. The Hall–Kier alpha value is -2.14. The van der Waals surface area contributed by atoms with Crippen molar-refractivity contribution in [3.05, 3.63) is 65.7 Å². The molecular formula is C22H29NO3S. The second kappa shape index (κ2) is 8.70. The molecule has 0 bridgehead atoms. The average molecular weight is 388 g/mol. The fraction of sp³-hybridized carbons (Fsp3) is 0.409. The molecule has 0 spiro atoms. The summed E-state index contributed by atoms with van der Waals surface area (Å²) in [5, 5.41) is 2.96. The number of amides is 1. The Kier molecular flexibility index (Phi) is 6.82. The Bertz CT molecular complexity index is 851. The Morgan fingerprint density at radius 3 is 2.11 bits per heavy atom. The van der Waals surface area contributed by atoms with Crippen LogP contribution >= 0.6 is 0 Å². The minimum absolute atomic E-state index is 0.0127. The van der Waals surface area contributed by atoms with Crippen molar-refractivity contribution in [2.75, 3.05) is 5.75 Å². The van der Waals surface area contributed by atoms with Crippen LogP contribution in [0.2, 0.25) is 0 Å². The van der Waals surface area contributed by atoms with E-state index in [4.69, 9.17) is 0 Å². The quantitative estimate of drug-likeness (QED) is 0.768. The predicted octanol–water partition coefficient (Wildman–Crippen LogP) is 4.36. The van der Waals surface area contributed by atoms with Gasteiger partial charge in [-0.15, -0.1) is 0 Å². The molecule has 0 heterocycles. The van der Waals surface area contributed by atoms with Crippen molar-refractivity contribution in [3.63, 3.8) is 0 Å². The van der Waals surface area contributed by atoms with Gasteiger partial charge in [-0.05, 0) is 48.1 Å². The van der Waals surface area contributed by atoms with E-state index in [9.17, 15) is 13.2 Å². The molecular weight excluding hydrogens is 358 g/mol. The van der Waals surface area contributed by atoms with E-state index in [1.807, 2.05) is 31.2 Å². The molecule has 1 N–H and O–H groups in total. The van der Waals surface area contributed by atoms with Gasteiger partial charge in [0.25, 0.3) is 5.91 Å². The zero-order chi connectivity index (χ0) is 20.1. The summed E-state index contributed by atoms with van der Waals surface area (Å²) in [6.45, 7) is 8.33. The van der Waals surface area contributed by atoms with Gasteiger partial charge in [0.1, 0.15) is 0 Å². The second-order valence-electron chi connectivity index (χ2n) is 7.83. The summed E-state index contributed by atoms with van der Waals surface area (Å²) in [5.41, 5.74) is 1.79. The van der Waals surface area contributed by atoms with E-state index in [2.05, 4.69) is 26.1 Å². The van der Waals surface area contributed by atoms with Crippen LogP contribution in [-0.4, -0.2) is 26.1 Å². The Morgan fingerprint density at radius 1 is 1.00 bits per heavy atom. The van der Waals surface area contributed by atoms with Crippen molar-refractivity contribution in [2.45, 2.75) is 56.9 Å². The van der Waals surface area contributed by atoms with Gasteiger partial charge in [-0.2, -0.15) is 0 Å². The number of carbonyl (C=O) groups excluding carboxylic acids is 1. The van der Waals surface area contributed by atoms with Gasteiger partial charge in [-0.25, -0.2) is 8.42 Å². The monoisotopic (exact) mass is 387 g/mol. The largest absolute Gasteiger partial charge is 0.349 e. The zero-order valence-corrected chi connectivity index (χ0v) is 17.3. The highest BCUT2D eigenvalue weighted by atomic mass is 32.2. The molecule has 4 nitrogen and oxygen atoms in total. The van der Waals surface area contributed by atoms with Crippen LogP contribution in [0.1, 0.15) is 56.5 Å². The van der Waals surface area contributed by atoms with Gasteiger partial charge in [0.05, 0.1) is 10.6 Å². The fourth-order valence-electron chi connectivity index (χ4n) is 2.81. The summed E-state index contributed by atoms with van der Waals surface area (Å²) in [4.78, 5) is 12.8. The van der Waals surface area contributed by atoms with Crippen LogP contribution in [0.4, 0.5) is 0 Å². The SMILES string of the molecule is CC[C@H](CCS(=O)(=O)c1ccccc1)NC(=O)c1ccc(C(C)(C)C)cc1. The predicted molar refractivity (Wildman–Crippen MR) is 110 cm³/mol. The maximum Gasteiger partial charge on any atom is 0.251 e. The normalized spacial score (nSPS) is 13.2. The Morgan fingerprint density at radius 2 is 1.59 bits per heavy atom. The highest BCUT2D eigenvalue weighted by molar-refractivity contribution is 7.91. The molecule has 0 unspecified atom stereocenters. The molecule has 2 aromatic carbocycles. The Labute approximate surface area is 162 Å². The highest BCUT2D eigenvalue weighted by Crippen LogP contribution is 2.22. The number of carbonyl (C=O) groups is 1. The van der Waals surface area contributed by atoms with E-state index in [0.29, 0.717) is 23.3 Å². The zero-order valence-electron chi connectivity index (χ0n) is 16.5. The molecule has 0 fully saturated rings. The van der Waals surface area contributed by atoms with Gasteiger partial charge in [0.15, 0.2) is 9.84 Å². The number of hydrogen-bond acceptors (Lipinski definition) is 3. The van der Waals surface area contributed by atoms with Crippen LogP contribution in [0, 0.1) is 0 Å². The van der Waals surface area contributed by atoms with Gasteiger partial charge in [0.2, 0.25) is 0 Å². The van der Waals surface area contributed by atoms with Gasteiger partial charge < -0.3 is 5.32 Å². The molecule has 2 aromatic rings. The lowest BCUT2D eigenvalue weighted by Crippen LogP contribution is -2.35. The molecule has 0 aliphatic carbocycles. The van der Waals surface area contributed by atoms with Crippen LogP contribution in [0.25, 0.3) is 0 Å². The molecule has 0 saturated heterocycles. The molecule has 5 heteroatoms. The van der Waals surface area contributed by atoms with Crippen molar-refractivity contribution >= 4 is 15.7 Å². The second-order valence-corrected chi connectivity index (χ2v) is 9.94. The Balaban J connectivity index is 1.99. The van der Waals surface area contributed by atoms with E-state index in [1.165, 1.54) is 5.56 Å². The van der Waals surface area contributed by atoms with Crippen LogP contribution in [0.3, 0.4) is 0 Å². The highest BCUT2D eigenvalue weighted by Gasteiger charge is 2.19. The van der Waals surface area contributed by atoms with Gasteiger partial charge in [-0.3, -0.25) is 4.79 Å². The number of hydrogen-bond donors (Lipinski definition) is 1. The van der Waals surface area contributed by atoms with E-state index >= 15 is 0 Å². The van der Waals surface area contributed by atoms with Crippen LogP contribution < -0.4 is 5.32 Å². The lowest BCUT2D eigenvalue weighted by Gasteiger charge is -2.20. The molecule has 0 aliphatic heterocycles. The van der Waals surface area contributed by atoms with Crippen molar-refractivity contribution in [3.8, 4) is 0 Å². The first-order chi connectivity index (χ1) is 12.6. The third-order valence-electron chi connectivity index (χ3n) is 4.68. The molecule has 146 valence electrons. The summed E-state index contributed by atoms with van der Waals surface area (Å²) < 4.78 is 24.9. The minimum Gasteiger partial charge on any atom is -0.349 e. The van der Waals surface area contributed by atoms with Gasteiger partial charge in [0, 0.05) is 11.6 Å².